The number of rotatable bonds is 4. The molecule has 1 aromatic heterocycles. The lowest BCUT2D eigenvalue weighted by Gasteiger charge is -2.20. The number of nitrogens with one attached hydrogen (secondary N) is 1. The Labute approximate surface area is 109 Å². The molecule has 0 aliphatic carbocycles. The molecule has 0 bridgehead atoms. The van der Waals surface area contributed by atoms with Crippen molar-refractivity contribution in [2.45, 2.75) is 25.9 Å². The fraction of sp³-hybridized carbons (Fsp3) is 0.286. The Morgan fingerprint density at radius 1 is 1.06 bits per heavy atom. The number of hydrogen-bond acceptors (Lipinski definition) is 2. The van der Waals surface area contributed by atoms with Crippen molar-refractivity contribution in [3.05, 3.63) is 57.8 Å². The molecule has 2 atom stereocenters. The van der Waals surface area contributed by atoms with Crippen molar-refractivity contribution < 1.29 is 8.78 Å². The summed E-state index contributed by atoms with van der Waals surface area (Å²) < 4.78 is 26.8. The zero-order valence-corrected chi connectivity index (χ0v) is 11.1. The normalized spacial score (nSPS) is 14.4. The molecule has 1 nitrogen and oxygen atoms in total. The first-order valence-electron chi connectivity index (χ1n) is 5.83. The van der Waals surface area contributed by atoms with E-state index < -0.39 is 11.6 Å². The number of thiophene rings is 1. The Morgan fingerprint density at radius 3 is 2.50 bits per heavy atom. The van der Waals surface area contributed by atoms with Crippen LogP contribution in [0.25, 0.3) is 0 Å². The summed E-state index contributed by atoms with van der Waals surface area (Å²) in [6.07, 6.45) is 0. The van der Waals surface area contributed by atoms with Gasteiger partial charge in [0.05, 0.1) is 0 Å². The van der Waals surface area contributed by atoms with Crippen LogP contribution in [0.4, 0.5) is 8.78 Å². The molecular formula is C14H15F2NS. The largest absolute Gasteiger partial charge is 0.303 e. The van der Waals surface area contributed by atoms with Gasteiger partial charge in [-0.3, -0.25) is 0 Å². The van der Waals surface area contributed by atoms with E-state index in [9.17, 15) is 8.78 Å². The third kappa shape index (κ3) is 2.76. The summed E-state index contributed by atoms with van der Waals surface area (Å²) in [7, 11) is 0. The Balaban J connectivity index is 2.12. The Hall–Kier alpha value is -1.26. The van der Waals surface area contributed by atoms with Crippen LogP contribution in [-0.4, -0.2) is 0 Å². The molecule has 0 saturated heterocycles. The van der Waals surface area contributed by atoms with Gasteiger partial charge in [0, 0.05) is 22.5 Å². The summed E-state index contributed by atoms with van der Waals surface area (Å²) >= 11 is 1.65. The summed E-state index contributed by atoms with van der Waals surface area (Å²) in [6.45, 7) is 3.85. The molecule has 1 unspecified atom stereocenters. The van der Waals surface area contributed by atoms with Gasteiger partial charge < -0.3 is 5.32 Å². The molecule has 1 aromatic carbocycles. The highest BCUT2D eigenvalue weighted by Crippen LogP contribution is 2.24. The minimum atomic E-state index is -0.801. The molecule has 1 N–H and O–H groups in total. The van der Waals surface area contributed by atoms with Crippen molar-refractivity contribution in [2.75, 3.05) is 0 Å². The zero-order valence-electron chi connectivity index (χ0n) is 10.3. The van der Waals surface area contributed by atoms with Crippen molar-refractivity contribution in [2.24, 2.45) is 0 Å². The first-order chi connectivity index (χ1) is 8.59. The van der Waals surface area contributed by atoms with E-state index in [-0.39, 0.29) is 12.1 Å². The highest BCUT2D eigenvalue weighted by atomic mass is 32.1. The van der Waals surface area contributed by atoms with Gasteiger partial charge in [-0.05, 0) is 31.4 Å². The monoisotopic (exact) mass is 267 g/mol. The fourth-order valence-electron chi connectivity index (χ4n) is 1.94. The van der Waals surface area contributed by atoms with Crippen LogP contribution in [0, 0.1) is 11.6 Å². The van der Waals surface area contributed by atoms with Crippen molar-refractivity contribution in [3.8, 4) is 0 Å². The van der Waals surface area contributed by atoms with Crippen LogP contribution in [0.15, 0.2) is 35.7 Å². The van der Waals surface area contributed by atoms with E-state index in [0.29, 0.717) is 5.56 Å². The van der Waals surface area contributed by atoms with E-state index in [2.05, 4.69) is 5.32 Å². The van der Waals surface area contributed by atoms with Crippen LogP contribution in [-0.2, 0) is 0 Å². The molecule has 1 heterocycles. The highest BCUT2D eigenvalue weighted by molar-refractivity contribution is 7.10. The van der Waals surface area contributed by atoms with Gasteiger partial charge in [0.25, 0.3) is 0 Å². The van der Waals surface area contributed by atoms with E-state index >= 15 is 0 Å². The standard InChI is InChI=1S/C14H15F2NS/c1-9(11-5-3-6-12(15)14(11)16)17-10(2)13-7-4-8-18-13/h3-10,17H,1-2H3/t9?,10-/m1/s1. The Morgan fingerprint density at radius 2 is 1.83 bits per heavy atom. The summed E-state index contributed by atoms with van der Waals surface area (Å²) in [4.78, 5) is 1.18. The smallest absolute Gasteiger partial charge is 0.163 e. The minimum absolute atomic E-state index is 0.114. The van der Waals surface area contributed by atoms with Crippen LogP contribution in [0.2, 0.25) is 0 Å². The van der Waals surface area contributed by atoms with Crippen molar-refractivity contribution in [3.63, 3.8) is 0 Å². The Bertz CT molecular complexity index is 511. The number of hydrogen-bond donors (Lipinski definition) is 1. The lowest BCUT2D eigenvalue weighted by atomic mass is 10.1. The summed E-state index contributed by atoms with van der Waals surface area (Å²) in [6, 6.07) is 8.15. The van der Waals surface area contributed by atoms with Gasteiger partial charge in [-0.15, -0.1) is 11.3 Å². The average molecular weight is 267 g/mol. The van der Waals surface area contributed by atoms with Crippen LogP contribution in [0.5, 0.6) is 0 Å². The average Bonchev–Trinajstić information content (AvgIpc) is 2.86. The van der Waals surface area contributed by atoms with Crippen LogP contribution < -0.4 is 5.32 Å². The molecule has 18 heavy (non-hydrogen) atoms. The van der Waals surface area contributed by atoms with Gasteiger partial charge >= 0.3 is 0 Å². The molecule has 0 aliphatic rings. The summed E-state index contributed by atoms with van der Waals surface area (Å²) in [5.74, 6) is -1.57. The van der Waals surface area contributed by atoms with Crippen molar-refractivity contribution in [1.29, 1.82) is 0 Å². The second-order valence-corrected chi connectivity index (χ2v) is 5.25. The maximum absolute atomic E-state index is 13.6. The van der Waals surface area contributed by atoms with E-state index in [1.54, 1.807) is 17.4 Å². The van der Waals surface area contributed by atoms with Gasteiger partial charge in [-0.1, -0.05) is 18.2 Å². The molecule has 4 heteroatoms. The van der Waals surface area contributed by atoms with E-state index in [0.717, 1.165) is 6.07 Å². The van der Waals surface area contributed by atoms with Gasteiger partial charge in [0.2, 0.25) is 0 Å². The second-order valence-electron chi connectivity index (χ2n) is 4.27. The molecular weight excluding hydrogens is 252 g/mol. The van der Waals surface area contributed by atoms with Gasteiger partial charge in [-0.2, -0.15) is 0 Å². The molecule has 0 fully saturated rings. The molecule has 2 aromatic rings. The van der Waals surface area contributed by atoms with Gasteiger partial charge in [0.1, 0.15) is 0 Å². The molecule has 0 amide bonds. The predicted molar refractivity (Wildman–Crippen MR) is 70.6 cm³/mol. The lowest BCUT2D eigenvalue weighted by molar-refractivity contribution is 0.451. The lowest BCUT2D eigenvalue weighted by Crippen LogP contribution is -2.22. The highest BCUT2D eigenvalue weighted by Gasteiger charge is 2.16. The fourth-order valence-corrected chi connectivity index (χ4v) is 2.68. The molecule has 0 saturated carbocycles. The van der Waals surface area contributed by atoms with E-state index in [1.165, 1.54) is 10.9 Å². The predicted octanol–water partition coefficient (Wildman–Crippen LogP) is 4.44. The zero-order chi connectivity index (χ0) is 13.1. The van der Waals surface area contributed by atoms with Crippen molar-refractivity contribution >= 4 is 11.3 Å². The maximum Gasteiger partial charge on any atom is 0.163 e. The molecule has 0 radical (unpaired) electrons. The number of benzene rings is 1. The van der Waals surface area contributed by atoms with Crippen LogP contribution >= 0.6 is 11.3 Å². The molecule has 2 rings (SSSR count). The summed E-state index contributed by atoms with van der Waals surface area (Å²) in [5.41, 5.74) is 0.360. The topological polar surface area (TPSA) is 12.0 Å². The Kier molecular flexibility index (Phi) is 4.09. The minimum Gasteiger partial charge on any atom is -0.303 e. The first kappa shape index (κ1) is 13.2. The van der Waals surface area contributed by atoms with Crippen LogP contribution in [0.1, 0.15) is 36.4 Å². The van der Waals surface area contributed by atoms with Crippen molar-refractivity contribution in [1.82, 2.24) is 5.32 Å². The maximum atomic E-state index is 13.6. The quantitative estimate of drug-likeness (QED) is 0.863. The number of halogens is 2. The third-order valence-electron chi connectivity index (χ3n) is 2.92. The second kappa shape index (κ2) is 5.59. The van der Waals surface area contributed by atoms with E-state index in [4.69, 9.17) is 0 Å². The van der Waals surface area contributed by atoms with Gasteiger partial charge in [0.15, 0.2) is 11.6 Å². The first-order valence-corrected chi connectivity index (χ1v) is 6.71. The van der Waals surface area contributed by atoms with Gasteiger partial charge in [-0.25, -0.2) is 8.78 Å². The molecule has 96 valence electrons. The van der Waals surface area contributed by atoms with Crippen LogP contribution in [0.3, 0.4) is 0 Å². The molecule has 0 spiro atoms. The van der Waals surface area contributed by atoms with E-state index in [1.807, 2.05) is 31.4 Å². The SMILES string of the molecule is CC(N[C@H](C)c1cccs1)c1cccc(F)c1F. The third-order valence-corrected chi connectivity index (χ3v) is 3.97. The summed E-state index contributed by atoms with van der Waals surface area (Å²) in [5, 5.41) is 5.27. The molecule has 0 aliphatic heterocycles.